The SMILES string of the molecule is COC(=O)c1ccc(Nc2ncnc(OC(C)C)c2N)cc1. The van der Waals surface area contributed by atoms with Crippen molar-refractivity contribution in [3.63, 3.8) is 0 Å². The van der Waals surface area contributed by atoms with Crippen molar-refractivity contribution in [1.29, 1.82) is 0 Å². The third kappa shape index (κ3) is 3.63. The second-order valence-electron chi connectivity index (χ2n) is 4.80. The quantitative estimate of drug-likeness (QED) is 0.818. The van der Waals surface area contributed by atoms with Gasteiger partial charge < -0.3 is 20.5 Å². The third-order valence-electron chi connectivity index (χ3n) is 2.76. The van der Waals surface area contributed by atoms with Crippen molar-refractivity contribution in [2.45, 2.75) is 20.0 Å². The van der Waals surface area contributed by atoms with Gasteiger partial charge in [-0.2, -0.15) is 4.98 Å². The molecule has 1 aromatic heterocycles. The van der Waals surface area contributed by atoms with Crippen molar-refractivity contribution in [1.82, 2.24) is 9.97 Å². The summed E-state index contributed by atoms with van der Waals surface area (Å²) in [5, 5.41) is 3.06. The first-order valence-electron chi connectivity index (χ1n) is 6.73. The Kier molecular flexibility index (Phi) is 4.77. The van der Waals surface area contributed by atoms with Crippen LogP contribution in [0.1, 0.15) is 24.2 Å². The number of aromatic nitrogens is 2. The summed E-state index contributed by atoms with van der Waals surface area (Å²) in [6.07, 6.45) is 1.34. The Balaban J connectivity index is 2.18. The van der Waals surface area contributed by atoms with E-state index in [1.54, 1.807) is 24.3 Å². The number of rotatable bonds is 5. The summed E-state index contributed by atoms with van der Waals surface area (Å²) in [6.45, 7) is 3.78. The number of hydrogen-bond donors (Lipinski definition) is 2. The maximum atomic E-state index is 11.4. The Morgan fingerprint density at radius 2 is 1.91 bits per heavy atom. The van der Waals surface area contributed by atoms with Crippen LogP contribution in [-0.4, -0.2) is 29.2 Å². The normalized spacial score (nSPS) is 10.4. The lowest BCUT2D eigenvalue weighted by atomic mass is 10.2. The second kappa shape index (κ2) is 6.75. The van der Waals surface area contributed by atoms with E-state index in [1.165, 1.54) is 13.4 Å². The molecule has 0 fully saturated rings. The molecule has 1 aromatic carbocycles. The lowest BCUT2D eigenvalue weighted by Gasteiger charge is -2.13. The smallest absolute Gasteiger partial charge is 0.337 e. The van der Waals surface area contributed by atoms with E-state index in [2.05, 4.69) is 20.0 Å². The average molecular weight is 302 g/mol. The fourth-order valence-electron chi connectivity index (χ4n) is 1.74. The lowest BCUT2D eigenvalue weighted by molar-refractivity contribution is 0.0601. The van der Waals surface area contributed by atoms with Crippen LogP contribution in [0.3, 0.4) is 0 Å². The van der Waals surface area contributed by atoms with E-state index < -0.39 is 0 Å². The van der Waals surface area contributed by atoms with E-state index in [9.17, 15) is 4.79 Å². The lowest BCUT2D eigenvalue weighted by Crippen LogP contribution is -2.10. The minimum atomic E-state index is -0.388. The highest BCUT2D eigenvalue weighted by atomic mass is 16.5. The first kappa shape index (κ1) is 15.6. The van der Waals surface area contributed by atoms with Gasteiger partial charge in [0.15, 0.2) is 5.82 Å². The van der Waals surface area contributed by atoms with Crippen molar-refractivity contribution in [2.24, 2.45) is 0 Å². The van der Waals surface area contributed by atoms with Crippen LogP contribution in [0.2, 0.25) is 0 Å². The second-order valence-corrected chi connectivity index (χ2v) is 4.80. The number of nitrogens with two attached hydrogens (primary N) is 1. The van der Waals surface area contributed by atoms with Crippen LogP contribution < -0.4 is 15.8 Å². The van der Waals surface area contributed by atoms with E-state index in [0.29, 0.717) is 22.9 Å². The van der Waals surface area contributed by atoms with Gasteiger partial charge in [0.1, 0.15) is 12.0 Å². The Bertz CT molecular complexity index is 656. The van der Waals surface area contributed by atoms with Crippen molar-refractivity contribution < 1.29 is 14.3 Å². The molecule has 7 nitrogen and oxygen atoms in total. The fourth-order valence-corrected chi connectivity index (χ4v) is 1.74. The van der Waals surface area contributed by atoms with Gasteiger partial charge in [-0.3, -0.25) is 0 Å². The van der Waals surface area contributed by atoms with Crippen molar-refractivity contribution in [2.75, 3.05) is 18.2 Å². The predicted octanol–water partition coefficient (Wildman–Crippen LogP) is 2.38. The number of ether oxygens (including phenoxy) is 2. The summed E-state index contributed by atoms with van der Waals surface area (Å²) < 4.78 is 10.2. The van der Waals surface area contributed by atoms with Crippen LogP contribution in [0.4, 0.5) is 17.2 Å². The Morgan fingerprint density at radius 3 is 2.50 bits per heavy atom. The summed E-state index contributed by atoms with van der Waals surface area (Å²) in [6, 6.07) is 6.77. The number of methoxy groups -OCH3 is 1. The number of nitrogens with one attached hydrogen (secondary N) is 1. The molecule has 0 aliphatic rings. The van der Waals surface area contributed by atoms with Crippen molar-refractivity contribution in [3.8, 4) is 5.88 Å². The number of carbonyl (C=O) groups excluding carboxylic acids is 1. The largest absolute Gasteiger partial charge is 0.473 e. The molecule has 0 amide bonds. The molecule has 0 saturated carbocycles. The summed E-state index contributed by atoms with van der Waals surface area (Å²) in [4.78, 5) is 19.5. The standard InChI is InChI=1S/C15H18N4O3/c1-9(2)22-14-12(16)13(17-8-18-14)19-11-6-4-10(5-7-11)15(20)21-3/h4-9H,16H2,1-3H3,(H,17,18,19). The number of carbonyl (C=O) groups is 1. The molecule has 3 N–H and O–H groups in total. The number of hydrogen-bond acceptors (Lipinski definition) is 7. The highest BCUT2D eigenvalue weighted by Gasteiger charge is 2.11. The summed E-state index contributed by atoms with van der Waals surface area (Å²) in [7, 11) is 1.34. The minimum absolute atomic E-state index is 0.0376. The van der Waals surface area contributed by atoms with E-state index >= 15 is 0 Å². The molecule has 116 valence electrons. The topological polar surface area (TPSA) is 99.4 Å². The van der Waals surface area contributed by atoms with Crippen molar-refractivity contribution >= 4 is 23.2 Å². The van der Waals surface area contributed by atoms with Crippen LogP contribution in [-0.2, 0) is 4.74 Å². The van der Waals surface area contributed by atoms with E-state index in [0.717, 1.165) is 5.69 Å². The maximum Gasteiger partial charge on any atom is 0.337 e. The van der Waals surface area contributed by atoms with Gasteiger partial charge in [0.05, 0.1) is 18.8 Å². The number of anilines is 3. The Labute approximate surface area is 128 Å². The molecule has 0 unspecified atom stereocenters. The van der Waals surface area contributed by atoms with Crippen LogP contribution in [0.25, 0.3) is 0 Å². The van der Waals surface area contributed by atoms with Crippen LogP contribution in [0, 0.1) is 0 Å². The monoisotopic (exact) mass is 302 g/mol. The highest BCUT2D eigenvalue weighted by molar-refractivity contribution is 5.89. The van der Waals surface area contributed by atoms with E-state index in [-0.39, 0.29) is 12.1 Å². The van der Waals surface area contributed by atoms with Gasteiger partial charge in [0.25, 0.3) is 0 Å². The van der Waals surface area contributed by atoms with Crippen molar-refractivity contribution in [3.05, 3.63) is 36.2 Å². The molecule has 0 spiro atoms. The van der Waals surface area contributed by atoms with Crippen LogP contribution in [0.15, 0.2) is 30.6 Å². The molecular formula is C15H18N4O3. The zero-order valence-electron chi connectivity index (χ0n) is 12.7. The number of esters is 1. The molecule has 1 heterocycles. The molecule has 0 aliphatic carbocycles. The molecular weight excluding hydrogens is 284 g/mol. The van der Waals surface area contributed by atoms with Crippen LogP contribution >= 0.6 is 0 Å². The molecule has 0 atom stereocenters. The summed E-state index contributed by atoms with van der Waals surface area (Å²) in [5.41, 5.74) is 7.52. The highest BCUT2D eigenvalue weighted by Crippen LogP contribution is 2.28. The number of nitrogen functional groups attached to an aromatic ring is 1. The molecule has 22 heavy (non-hydrogen) atoms. The van der Waals surface area contributed by atoms with Gasteiger partial charge in [-0.05, 0) is 38.1 Å². The molecule has 2 aromatic rings. The predicted molar refractivity (Wildman–Crippen MR) is 83.3 cm³/mol. The van der Waals surface area contributed by atoms with Gasteiger partial charge in [0.2, 0.25) is 5.88 Å². The molecule has 0 saturated heterocycles. The minimum Gasteiger partial charge on any atom is -0.473 e. The Hall–Kier alpha value is -2.83. The van der Waals surface area contributed by atoms with Gasteiger partial charge in [-0.15, -0.1) is 0 Å². The first-order chi connectivity index (χ1) is 10.5. The zero-order valence-corrected chi connectivity index (χ0v) is 12.7. The van der Waals surface area contributed by atoms with E-state index in [4.69, 9.17) is 10.5 Å². The van der Waals surface area contributed by atoms with E-state index in [1.807, 2.05) is 13.8 Å². The molecule has 7 heteroatoms. The average Bonchev–Trinajstić information content (AvgIpc) is 2.51. The first-order valence-corrected chi connectivity index (χ1v) is 6.73. The molecule has 0 bridgehead atoms. The maximum absolute atomic E-state index is 11.4. The fraction of sp³-hybridized carbons (Fsp3) is 0.267. The van der Waals surface area contributed by atoms with Gasteiger partial charge in [-0.1, -0.05) is 0 Å². The zero-order chi connectivity index (χ0) is 16.1. The molecule has 0 radical (unpaired) electrons. The number of benzene rings is 1. The van der Waals surface area contributed by atoms with Gasteiger partial charge in [-0.25, -0.2) is 9.78 Å². The summed E-state index contributed by atoms with van der Waals surface area (Å²) >= 11 is 0. The van der Waals surface area contributed by atoms with Gasteiger partial charge in [0, 0.05) is 5.69 Å². The third-order valence-corrected chi connectivity index (χ3v) is 2.76. The van der Waals surface area contributed by atoms with Gasteiger partial charge >= 0.3 is 5.97 Å². The summed E-state index contributed by atoms with van der Waals surface area (Å²) in [5.74, 6) is 0.385. The Morgan fingerprint density at radius 1 is 1.23 bits per heavy atom. The molecule has 2 rings (SSSR count). The number of nitrogens with zero attached hydrogens (tertiary/aromatic N) is 2. The molecule has 0 aliphatic heterocycles. The van der Waals surface area contributed by atoms with Crippen LogP contribution in [0.5, 0.6) is 5.88 Å².